The van der Waals surface area contributed by atoms with Gasteiger partial charge in [0.1, 0.15) is 17.5 Å². The highest BCUT2D eigenvalue weighted by molar-refractivity contribution is 5.91. The van der Waals surface area contributed by atoms with Crippen LogP contribution >= 0.6 is 0 Å². The number of piperidine rings is 1. The van der Waals surface area contributed by atoms with Gasteiger partial charge in [0.2, 0.25) is 0 Å². The number of halogens is 1. The highest BCUT2D eigenvalue weighted by Gasteiger charge is 2.28. The van der Waals surface area contributed by atoms with Gasteiger partial charge in [-0.2, -0.15) is 0 Å². The van der Waals surface area contributed by atoms with E-state index in [1.807, 2.05) is 0 Å². The van der Waals surface area contributed by atoms with Crippen molar-refractivity contribution in [3.05, 3.63) is 59.7 Å². The summed E-state index contributed by atoms with van der Waals surface area (Å²) in [6.07, 6.45) is 1.46. The zero-order chi connectivity index (χ0) is 24.2. The zero-order valence-corrected chi connectivity index (χ0v) is 19.4. The highest BCUT2D eigenvalue weighted by Crippen LogP contribution is 2.23. The fraction of sp³-hybridized carbons (Fsp3) is 0.458. The fourth-order valence-corrected chi connectivity index (χ4v) is 3.67. The van der Waals surface area contributed by atoms with Crippen molar-refractivity contribution in [1.29, 1.82) is 0 Å². The normalized spacial score (nSPS) is 17.3. The van der Waals surface area contributed by atoms with Gasteiger partial charge in [0.25, 0.3) is 0 Å². The van der Waals surface area contributed by atoms with E-state index in [0.29, 0.717) is 30.0 Å². The highest BCUT2D eigenvalue weighted by atomic mass is 19.1. The first-order valence-corrected chi connectivity index (χ1v) is 10.9. The molecule has 0 spiro atoms. The number of anilines is 1. The molecule has 3 amide bonds. The summed E-state index contributed by atoms with van der Waals surface area (Å²) in [6.45, 7) is 6.36. The number of rotatable bonds is 4. The Morgan fingerprint density at radius 2 is 2.06 bits per heavy atom. The number of amides is 3. The second-order valence-electron chi connectivity index (χ2n) is 9.17. The van der Waals surface area contributed by atoms with E-state index >= 15 is 0 Å². The first-order valence-electron chi connectivity index (χ1n) is 10.9. The molecule has 8 nitrogen and oxygen atoms in total. The Morgan fingerprint density at radius 1 is 1.30 bits per heavy atom. The van der Waals surface area contributed by atoms with E-state index in [9.17, 15) is 19.1 Å². The third-order valence-electron chi connectivity index (χ3n) is 5.30. The first-order chi connectivity index (χ1) is 15.5. The Labute approximate surface area is 193 Å². The Hall–Kier alpha value is -3.20. The van der Waals surface area contributed by atoms with Crippen LogP contribution in [0.15, 0.2) is 42.6 Å². The average molecular weight is 459 g/mol. The lowest BCUT2D eigenvalue weighted by Gasteiger charge is -2.35. The van der Waals surface area contributed by atoms with Gasteiger partial charge in [0.05, 0.1) is 17.6 Å². The maximum absolute atomic E-state index is 13.4. The summed E-state index contributed by atoms with van der Waals surface area (Å²) >= 11 is 0. The smallest absolute Gasteiger partial charge is 0.407 e. The molecule has 33 heavy (non-hydrogen) atoms. The number of carbonyl (C=O) groups is 2. The first kappa shape index (κ1) is 24.4. The van der Waals surface area contributed by atoms with Crippen molar-refractivity contribution < 1.29 is 23.8 Å². The van der Waals surface area contributed by atoms with Crippen LogP contribution in [0.5, 0.6) is 0 Å². The quantitative estimate of drug-likeness (QED) is 0.726. The van der Waals surface area contributed by atoms with E-state index in [1.54, 1.807) is 50.9 Å². The molecule has 1 aliphatic heterocycles. The van der Waals surface area contributed by atoms with Gasteiger partial charge in [-0.1, -0.05) is 12.1 Å². The third-order valence-corrected chi connectivity index (χ3v) is 5.30. The lowest BCUT2D eigenvalue weighted by Crippen LogP contribution is -2.53. The van der Waals surface area contributed by atoms with Gasteiger partial charge >= 0.3 is 12.1 Å². The van der Waals surface area contributed by atoms with Crippen LogP contribution in [0.25, 0.3) is 0 Å². The Kier molecular flexibility index (Phi) is 7.53. The molecule has 1 saturated heterocycles. The zero-order valence-electron chi connectivity index (χ0n) is 19.4. The molecule has 2 N–H and O–H groups in total. The molecule has 178 valence electrons. The van der Waals surface area contributed by atoms with E-state index in [-0.39, 0.29) is 12.1 Å². The maximum Gasteiger partial charge on any atom is 0.407 e. The van der Waals surface area contributed by atoms with Gasteiger partial charge in [0, 0.05) is 26.2 Å². The van der Waals surface area contributed by atoms with Crippen LogP contribution in [-0.2, 0) is 4.74 Å². The molecule has 2 unspecified atom stereocenters. The molecule has 9 heteroatoms. The number of aliphatic hydroxyl groups excluding tert-OH is 1. The van der Waals surface area contributed by atoms with Crippen LogP contribution in [0, 0.1) is 5.82 Å². The lowest BCUT2D eigenvalue weighted by molar-refractivity contribution is 0.0480. The number of aliphatic hydroxyl groups is 1. The van der Waals surface area contributed by atoms with Crippen LogP contribution < -0.4 is 10.2 Å². The largest absolute Gasteiger partial charge is 0.444 e. The van der Waals surface area contributed by atoms with Gasteiger partial charge in [0.15, 0.2) is 0 Å². The lowest BCUT2D eigenvalue weighted by atomic mass is 10.1. The third kappa shape index (κ3) is 6.64. The summed E-state index contributed by atoms with van der Waals surface area (Å²) in [4.78, 5) is 32.5. The number of pyridine rings is 1. The van der Waals surface area contributed by atoms with Crippen molar-refractivity contribution in [2.24, 2.45) is 0 Å². The van der Waals surface area contributed by atoms with Gasteiger partial charge in [-0.05, 0) is 63.4 Å². The second-order valence-corrected chi connectivity index (χ2v) is 9.17. The number of nitrogens with zero attached hydrogens (tertiary/aromatic N) is 3. The molecule has 2 atom stereocenters. The molecule has 0 aliphatic carbocycles. The Bertz CT molecular complexity index is 977. The molecule has 0 radical (unpaired) electrons. The SMILES string of the molecule is CN(C(=O)N1CCCC(NC(=O)OC(C)(C)C)C1)c1ccc(C(O)c2cccc(F)c2)nc1. The van der Waals surface area contributed by atoms with Crippen molar-refractivity contribution in [3.63, 3.8) is 0 Å². The number of aromatic nitrogens is 1. The Balaban J connectivity index is 1.61. The summed E-state index contributed by atoms with van der Waals surface area (Å²) in [6, 6.07) is 8.60. The predicted molar refractivity (Wildman–Crippen MR) is 122 cm³/mol. The van der Waals surface area contributed by atoms with Gasteiger partial charge in [-0.3, -0.25) is 9.88 Å². The number of urea groups is 1. The molecule has 1 aliphatic rings. The molecule has 0 saturated carbocycles. The van der Waals surface area contributed by atoms with Crippen LogP contribution in [0.4, 0.5) is 19.7 Å². The minimum atomic E-state index is -1.07. The number of benzene rings is 1. The molecule has 0 bridgehead atoms. The number of hydrogen-bond acceptors (Lipinski definition) is 5. The molecule has 2 aromatic rings. The van der Waals surface area contributed by atoms with Crippen molar-refractivity contribution >= 4 is 17.8 Å². The maximum atomic E-state index is 13.4. The van der Waals surface area contributed by atoms with Crippen molar-refractivity contribution in [3.8, 4) is 0 Å². The molecular formula is C24H31FN4O4. The summed E-state index contributed by atoms with van der Waals surface area (Å²) in [5, 5.41) is 13.3. The molecule has 1 fully saturated rings. The molecule has 1 aromatic heterocycles. The van der Waals surface area contributed by atoms with E-state index in [1.165, 1.54) is 29.3 Å². The fourth-order valence-electron chi connectivity index (χ4n) is 3.67. The van der Waals surface area contributed by atoms with Crippen LogP contribution in [0.2, 0.25) is 0 Å². The number of ether oxygens (including phenoxy) is 1. The van der Waals surface area contributed by atoms with Crippen LogP contribution in [-0.4, -0.2) is 58.9 Å². The number of hydrogen-bond donors (Lipinski definition) is 2. The van der Waals surface area contributed by atoms with E-state index < -0.39 is 23.6 Å². The Morgan fingerprint density at radius 3 is 2.70 bits per heavy atom. The van der Waals surface area contributed by atoms with Crippen molar-refractivity contribution in [2.75, 3.05) is 25.0 Å². The van der Waals surface area contributed by atoms with E-state index in [4.69, 9.17) is 4.74 Å². The summed E-state index contributed by atoms with van der Waals surface area (Å²) in [7, 11) is 1.65. The van der Waals surface area contributed by atoms with E-state index in [2.05, 4.69) is 10.3 Å². The minimum Gasteiger partial charge on any atom is -0.444 e. The molecular weight excluding hydrogens is 427 g/mol. The topological polar surface area (TPSA) is 95.0 Å². The second kappa shape index (κ2) is 10.2. The molecule has 1 aromatic carbocycles. The summed E-state index contributed by atoms with van der Waals surface area (Å²) in [5.74, 6) is -0.436. The van der Waals surface area contributed by atoms with Crippen molar-refractivity contribution in [1.82, 2.24) is 15.2 Å². The number of likely N-dealkylation sites (tertiary alicyclic amines) is 1. The minimum absolute atomic E-state index is 0.187. The standard InChI is InChI=1S/C24H31FN4O4/c1-24(2,3)33-22(31)27-18-9-6-12-29(15-18)23(32)28(4)19-10-11-20(26-14-19)21(30)16-7-5-8-17(25)13-16/h5,7-8,10-11,13-14,18,21,30H,6,9,12,15H2,1-4H3,(H,27,31). The number of carbonyl (C=O) groups excluding carboxylic acids is 2. The van der Waals surface area contributed by atoms with Gasteiger partial charge in [-0.15, -0.1) is 0 Å². The van der Waals surface area contributed by atoms with Gasteiger partial charge < -0.3 is 20.1 Å². The van der Waals surface area contributed by atoms with E-state index in [0.717, 1.165) is 12.8 Å². The number of nitrogens with one attached hydrogen (secondary N) is 1. The van der Waals surface area contributed by atoms with Crippen LogP contribution in [0.1, 0.15) is 51.0 Å². The molecule has 2 heterocycles. The monoisotopic (exact) mass is 458 g/mol. The van der Waals surface area contributed by atoms with Crippen LogP contribution in [0.3, 0.4) is 0 Å². The van der Waals surface area contributed by atoms with Gasteiger partial charge in [-0.25, -0.2) is 14.0 Å². The van der Waals surface area contributed by atoms with Crippen molar-refractivity contribution in [2.45, 2.75) is 51.4 Å². The number of alkyl carbamates (subject to hydrolysis) is 1. The summed E-state index contributed by atoms with van der Waals surface area (Å²) in [5.41, 5.74) is 0.717. The average Bonchev–Trinajstić information content (AvgIpc) is 2.76. The summed E-state index contributed by atoms with van der Waals surface area (Å²) < 4.78 is 18.7. The predicted octanol–water partition coefficient (Wildman–Crippen LogP) is 3.85. The molecule has 3 rings (SSSR count).